The molecule has 1 fully saturated rings. The van der Waals surface area contributed by atoms with Crippen LogP contribution in [0.15, 0.2) is 75.0 Å². The van der Waals surface area contributed by atoms with Gasteiger partial charge in [-0.25, -0.2) is 14.3 Å². The molecule has 1 aliphatic heterocycles. The van der Waals surface area contributed by atoms with Gasteiger partial charge in [-0.15, -0.1) is 11.3 Å². The van der Waals surface area contributed by atoms with Crippen molar-refractivity contribution in [2.75, 3.05) is 20.3 Å². The van der Waals surface area contributed by atoms with Crippen LogP contribution in [-0.4, -0.2) is 40.5 Å². The highest BCUT2D eigenvalue weighted by molar-refractivity contribution is 7.22. The van der Waals surface area contributed by atoms with Gasteiger partial charge in [0.2, 0.25) is 5.89 Å². The maximum atomic E-state index is 14.3. The topological polar surface area (TPSA) is 97.7 Å². The normalized spacial score (nSPS) is 14.9. The number of aryl methyl sites for hydroxylation is 2. The third-order valence-electron chi connectivity index (χ3n) is 7.46. The van der Waals surface area contributed by atoms with E-state index in [1.54, 1.807) is 23.9 Å². The predicted molar refractivity (Wildman–Crippen MR) is 157 cm³/mol. The molecule has 0 bridgehead atoms. The minimum absolute atomic E-state index is 0.0412. The molecule has 9 nitrogen and oxygen atoms in total. The quantitative estimate of drug-likeness (QED) is 0.244. The summed E-state index contributed by atoms with van der Waals surface area (Å²) in [6.45, 7) is 5.21. The highest BCUT2D eigenvalue weighted by atomic mass is 32.1. The predicted octanol–water partition coefficient (Wildman–Crippen LogP) is 5.43. The fourth-order valence-corrected chi connectivity index (χ4v) is 6.64. The van der Waals surface area contributed by atoms with Crippen LogP contribution in [0.3, 0.4) is 0 Å². The Bertz CT molecular complexity index is 1800. The van der Waals surface area contributed by atoms with Crippen molar-refractivity contribution in [3.05, 3.63) is 98.5 Å². The fourth-order valence-electron chi connectivity index (χ4n) is 5.40. The number of thiophene rings is 1. The summed E-state index contributed by atoms with van der Waals surface area (Å²) >= 11 is 1.32. The van der Waals surface area contributed by atoms with Gasteiger partial charge in [0.25, 0.3) is 5.56 Å². The molecule has 0 saturated carbocycles. The minimum atomic E-state index is -0.522. The summed E-state index contributed by atoms with van der Waals surface area (Å²) in [6, 6.07) is 15.1. The molecule has 2 aromatic carbocycles. The van der Waals surface area contributed by atoms with Crippen molar-refractivity contribution in [3.8, 4) is 22.2 Å². The van der Waals surface area contributed by atoms with E-state index in [0.717, 1.165) is 24.0 Å². The first-order valence-corrected chi connectivity index (χ1v) is 14.4. The lowest BCUT2D eigenvalue weighted by Gasteiger charge is -2.29. The Morgan fingerprint density at radius 1 is 1.10 bits per heavy atom. The van der Waals surface area contributed by atoms with Crippen LogP contribution in [0.5, 0.6) is 5.75 Å². The zero-order valence-electron chi connectivity index (χ0n) is 23.2. The van der Waals surface area contributed by atoms with E-state index in [1.807, 2.05) is 56.3 Å². The Hall–Kier alpha value is -3.99. The summed E-state index contributed by atoms with van der Waals surface area (Å²) in [5, 5.41) is 0.453. The van der Waals surface area contributed by atoms with E-state index in [2.05, 4.69) is 4.98 Å². The zero-order chi connectivity index (χ0) is 28.5. The molecule has 1 saturated heterocycles. The fraction of sp³-hybridized carbons (Fsp3) is 0.323. The number of benzene rings is 2. The van der Waals surface area contributed by atoms with Crippen LogP contribution in [0.4, 0.5) is 0 Å². The number of methoxy groups -OCH3 is 1. The van der Waals surface area contributed by atoms with Gasteiger partial charge in [-0.3, -0.25) is 9.36 Å². The summed E-state index contributed by atoms with van der Waals surface area (Å²) in [7, 11) is 1.62. The third-order valence-corrected chi connectivity index (χ3v) is 8.76. The largest absolute Gasteiger partial charge is 0.496 e. The molecular formula is C31H31N3O6S. The van der Waals surface area contributed by atoms with Crippen LogP contribution in [0.2, 0.25) is 0 Å². The van der Waals surface area contributed by atoms with Gasteiger partial charge in [-0.1, -0.05) is 30.3 Å². The van der Waals surface area contributed by atoms with Gasteiger partial charge in [0.05, 0.1) is 41.9 Å². The van der Waals surface area contributed by atoms with Crippen LogP contribution in [0, 0.1) is 13.8 Å². The van der Waals surface area contributed by atoms with Crippen molar-refractivity contribution >= 4 is 21.6 Å². The van der Waals surface area contributed by atoms with Crippen molar-refractivity contribution in [1.29, 1.82) is 0 Å². The molecule has 212 valence electrons. The number of fused-ring (bicyclic) bond motifs is 1. The summed E-state index contributed by atoms with van der Waals surface area (Å²) < 4.78 is 26.5. The molecule has 1 unspecified atom stereocenters. The van der Waals surface area contributed by atoms with E-state index < -0.39 is 11.8 Å². The van der Waals surface area contributed by atoms with Crippen molar-refractivity contribution in [1.82, 2.24) is 14.1 Å². The van der Waals surface area contributed by atoms with E-state index in [1.165, 1.54) is 22.2 Å². The molecule has 41 heavy (non-hydrogen) atoms. The third kappa shape index (κ3) is 5.14. The molecular weight excluding hydrogens is 542 g/mol. The Kier molecular flexibility index (Phi) is 7.61. The average molecular weight is 574 g/mol. The van der Waals surface area contributed by atoms with Gasteiger partial charge in [-0.2, -0.15) is 0 Å². The highest BCUT2D eigenvalue weighted by Crippen LogP contribution is 2.37. The Labute approximate surface area is 240 Å². The maximum Gasteiger partial charge on any atom is 0.336 e. The van der Waals surface area contributed by atoms with Crippen molar-refractivity contribution in [3.63, 3.8) is 0 Å². The van der Waals surface area contributed by atoms with Gasteiger partial charge < -0.3 is 18.6 Å². The van der Waals surface area contributed by atoms with E-state index >= 15 is 0 Å². The maximum absolute atomic E-state index is 14.3. The minimum Gasteiger partial charge on any atom is -0.496 e. The summed E-state index contributed by atoms with van der Waals surface area (Å²) in [5.74, 6) is 1.08. The molecule has 0 aliphatic carbocycles. The molecule has 0 spiro atoms. The van der Waals surface area contributed by atoms with Gasteiger partial charge in [0.15, 0.2) is 0 Å². The Morgan fingerprint density at radius 3 is 2.63 bits per heavy atom. The molecule has 0 N–H and O–H groups in total. The summed E-state index contributed by atoms with van der Waals surface area (Å²) in [6.07, 6.45) is 4.01. The first kappa shape index (κ1) is 27.2. The monoisotopic (exact) mass is 573 g/mol. The van der Waals surface area contributed by atoms with Gasteiger partial charge in [0, 0.05) is 18.8 Å². The number of hydrogen-bond acceptors (Lipinski definition) is 8. The summed E-state index contributed by atoms with van der Waals surface area (Å²) in [5.41, 5.74) is 2.18. The second-order valence-electron chi connectivity index (χ2n) is 10.1. The number of hydrogen-bond donors (Lipinski definition) is 0. The molecule has 6 rings (SSSR count). The van der Waals surface area contributed by atoms with Gasteiger partial charge in [0.1, 0.15) is 22.9 Å². The summed E-state index contributed by atoms with van der Waals surface area (Å²) in [4.78, 5) is 33.9. The van der Waals surface area contributed by atoms with Gasteiger partial charge in [-0.05, 0) is 56.0 Å². The van der Waals surface area contributed by atoms with E-state index in [4.69, 9.17) is 18.6 Å². The van der Waals surface area contributed by atoms with E-state index in [-0.39, 0.29) is 18.2 Å². The molecule has 4 heterocycles. The van der Waals surface area contributed by atoms with Crippen molar-refractivity contribution in [2.45, 2.75) is 45.4 Å². The standard InChI is InChI=1S/C31H31N3O6S/c1-19-7-6-8-21(17-19)34-29(35)26-20(2)27(28-32-13-16-39-28)41-30(26)33(31(34)36)18-25(40-22-11-14-38-15-12-22)23-9-4-5-10-24(23)37-3/h4-10,13,16-17,22,25H,11-12,14-15,18H2,1-3H3. The lowest BCUT2D eigenvalue weighted by atomic mass is 10.1. The average Bonchev–Trinajstić information content (AvgIpc) is 3.63. The lowest BCUT2D eigenvalue weighted by molar-refractivity contribution is -0.0752. The number of rotatable bonds is 8. The van der Waals surface area contributed by atoms with Crippen molar-refractivity contribution < 1.29 is 18.6 Å². The Morgan fingerprint density at radius 2 is 1.90 bits per heavy atom. The number of aromatic nitrogens is 3. The van der Waals surface area contributed by atoms with Crippen molar-refractivity contribution in [2.24, 2.45) is 0 Å². The first-order valence-electron chi connectivity index (χ1n) is 13.6. The van der Waals surface area contributed by atoms with Crippen LogP contribution in [-0.2, 0) is 16.0 Å². The van der Waals surface area contributed by atoms with Crippen LogP contribution in [0.1, 0.15) is 35.6 Å². The van der Waals surface area contributed by atoms with Crippen LogP contribution in [0.25, 0.3) is 26.7 Å². The number of para-hydroxylation sites is 1. The highest BCUT2D eigenvalue weighted by Gasteiger charge is 2.28. The van der Waals surface area contributed by atoms with E-state index in [9.17, 15) is 9.59 Å². The molecule has 1 atom stereocenters. The Balaban J connectivity index is 1.58. The zero-order valence-corrected chi connectivity index (χ0v) is 24.0. The first-order chi connectivity index (χ1) is 20.0. The van der Waals surface area contributed by atoms with Crippen LogP contribution >= 0.6 is 11.3 Å². The molecule has 0 radical (unpaired) electrons. The van der Waals surface area contributed by atoms with Crippen LogP contribution < -0.4 is 16.0 Å². The number of ether oxygens (including phenoxy) is 3. The lowest BCUT2D eigenvalue weighted by Crippen LogP contribution is -2.40. The molecule has 0 amide bonds. The SMILES string of the molecule is COc1ccccc1C(Cn1c(=O)n(-c2cccc(C)c2)c(=O)c2c(C)c(-c3ncco3)sc21)OC1CCOCC1. The van der Waals surface area contributed by atoms with E-state index in [0.29, 0.717) is 51.2 Å². The molecule has 1 aliphatic rings. The number of nitrogens with zero attached hydrogens (tertiary/aromatic N) is 3. The number of oxazole rings is 1. The molecule has 10 heteroatoms. The van der Waals surface area contributed by atoms with Gasteiger partial charge >= 0.3 is 5.69 Å². The smallest absolute Gasteiger partial charge is 0.336 e. The second-order valence-corrected chi connectivity index (χ2v) is 11.1. The second kappa shape index (κ2) is 11.5. The molecule has 3 aromatic heterocycles. The molecule has 5 aromatic rings.